The Morgan fingerprint density at radius 3 is 3.00 bits per heavy atom. The number of nitrogens with zero attached hydrogens (tertiary/aromatic N) is 3. The molecule has 2 aliphatic rings. The number of aromatic nitrogens is 1. The third-order valence-corrected chi connectivity index (χ3v) is 3.86. The van der Waals surface area contributed by atoms with Gasteiger partial charge in [-0.2, -0.15) is 0 Å². The lowest BCUT2D eigenvalue weighted by atomic mass is 10.0. The van der Waals surface area contributed by atoms with Gasteiger partial charge in [-0.3, -0.25) is 9.59 Å². The number of amides is 2. The summed E-state index contributed by atoms with van der Waals surface area (Å²) in [5.74, 6) is 0.147. The quantitative estimate of drug-likeness (QED) is 0.791. The number of fused-ring (bicyclic) bond motifs is 1. The monoisotopic (exact) mass is 263 g/mol. The largest absolute Gasteiger partial charge is 0.364 e. The minimum atomic E-state index is -0.268. The number of rotatable bonds is 2. The maximum Gasteiger partial charge on any atom is 0.245 e. The first kappa shape index (κ1) is 12.2. The molecule has 2 aliphatic heterocycles. The first-order valence-electron chi connectivity index (χ1n) is 6.73. The molecule has 1 unspecified atom stereocenters. The van der Waals surface area contributed by atoms with Crippen molar-refractivity contribution in [3.63, 3.8) is 0 Å². The molecule has 1 atom stereocenters. The molecular weight excluding hydrogens is 246 g/mol. The van der Waals surface area contributed by atoms with Crippen LogP contribution >= 0.6 is 0 Å². The Morgan fingerprint density at radius 1 is 1.32 bits per heavy atom. The lowest BCUT2D eigenvalue weighted by Crippen LogP contribution is -2.49. The van der Waals surface area contributed by atoms with E-state index in [2.05, 4.69) is 5.16 Å². The van der Waals surface area contributed by atoms with E-state index in [0.717, 1.165) is 25.0 Å². The van der Waals surface area contributed by atoms with Crippen LogP contribution in [-0.2, 0) is 16.1 Å². The number of carbonyl (C=O) groups is 2. The fourth-order valence-corrected chi connectivity index (χ4v) is 2.85. The second-order valence-corrected chi connectivity index (χ2v) is 5.10. The van der Waals surface area contributed by atoms with Crippen molar-refractivity contribution in [1.82, 2.24) is 15.0 Å². The molecule has 0 radical (unpaired) electrons. The maximum atomic E-state index is 12.5. The van der Waals surface area contributed by atoms with E-state index in [1.165, 1.54) is 6.26 Å². The van der Waals surface area contributed by atoms with Crippen LogP contribution in [0.3, 0.4) is 0 Å². The standard InChI is InChI=1S/C13H17N3O3/c17-12-4-7-15(9-10-5-8-19-14-10)13(18)11-3-1-2-6-16(11)12/h5,8,11H,1-4,6-7,9H2. The highest BCUT2D eigenvalue weighted by Gasteiger charge is 2.37. The molecule has 3 rings (SSSR count). The van der Waals surface area contributed by atoms with E-state index in [4.69, 9.17) is 4.52 Å². The van der Waals surface area contributed by atoms with Crippen molar-refractivity contribution in [3.05, 3.63) is 18.0 Å². The molecule has 2 fully saturated rings. The molecule has 6 heteroatoms. The van der Waals surface area contributed by atoms with E-state index in [-0.39, 0.29) is 17.9 Å². The molecule has 2 amide bonds. The Kier molecular flexibility index (Phi) is 3.23. The van der Waals surface area contributed by atoms with Gasteiger partial charge in [0.15, 0.2) is 0 Å². The Bertz CT molecular complexity index is 471. The number of piperidine rings is 1. The molecule has 0 aromatic carbocycles. The van der Waals surface area contributed by atoms with Crippen LogP contribution in [0.2, 0.25) is 0 Å². The summed E-state index contributed by atoms with van der Waals surface area (Å²) in [7, 11) is 0. The van der Waals surface area contributed by atoms with Crippen LogP contribution in [0.1, 0.15) is 31.4 Å². The molecule has 1 aromatic rings. The van der Waals surface area contributed by atoms with Crippen LogP contribution in [0.15, 0.2) is 16.9 Å². The lowest BCUT2D eigenvalue weighted by molar-refractivity contribution is -0.143. The van der Waals surface area contributed by atoms with Crippen LogP contribution in [0.4, 0.5) is 0 Å². The van der Waals surface area contributed by atoms with Crippen molar-refractivity contribution in [2.45, 2.75) is 38.3 Å². The number of carbonyl (C=O) groups excluding carboxylic acids is 2. The first-order valence-corrected chi connectivity index (χ1v) is 6.73. The number of hydrogen-bond acceptors (Lipinski definition) is 4. The van der Waals surface area contributed by atoms with Gasteiger partial charge in [0.05, 0.1) is 6.54 Å². The summed E-state index contributed by atoms with van der Waals surface area (Å²) in [5.41, 5.74) is 0.727. The molecule has 6 nitrogen and oxygen atoms in total. The summed E-state index contributed by atoms with van der Waals surface area (Å²) < 4.78 is 4.78. The third kappa shape index (κ3) is 2.34. The van der Waals surface area contributed by atoms with Gasteiger partial charge in [0, 0.05) is 25.6 Å². The molecule has 102 valence electrons. The van der Waals surface area contributed by atoms with Crippen molar-refractivity contribution in [2.75, 3.05) is 13.1 Å². The van der Waals surface area contributed by atoms with Crippen LogP contribution in [-0.4, -0.2) is 45.9 Å². The Hall–Kier alpha value is -1.85. The van der Waals surface area contributed by atoms with Gasteiger partial charge in [-0.15, -0.1) is 0 Å². The normalized spacial score (nSPS) is 24.3. The zero-order valence-electron chi connectivity index (χ0n) is 10.7. The molecule has 2 saturated heterocycles. The summed E-state index contributed by atoms with van der Waals surface area (Å²) >= 11 is 0. The topological polar surface area (TPSA) is 66.7 Å². The molecule has 0 spiro atoms. The number of hydrogen-bond donors (Lipinski definition) is 0. The SMILES string of the molecule is O=C1C2CCCCN2C(=O)CCN1Cc1ccon1. The molecule has 0 bridgehead atoms. The van der Waals surface area contributed by atoms with Gasteiger partial charge in [-0.05, 0) is 19.3 Å². The van der Waals surface area contributed by atoms with Crippen LogP contribution in [0.5, 0.6) is 0 Å². The van der Waals surface area contributed by atoms with Gasteiger partial charge in [-0.25, -0.2) is 0 Å². The van der Waals surface area contributed by atoms with Crippen molar-refractivity contribution >= 4 is 11.8 Å². The highest BCUT2D eigenvalue weighted by molar-refractivity contribution is 5.90. The Labute approximate surface area is 111 Å². The highest BCUT2D eigenvalue weighted by Crippen LogP contribution is 2.23. The second-order valence-electron chi connectivity index (χ2n) is 5.10. The first-order chi connectivity index (χ1) is 9.25. The van der Waals surface area contributed by atoms with E-state index in [0.29, 0.717) is 26.1 Å². The summed E-state index contributed by atoms with van der Waals surface area (Å²) in [6, 6.07) is 1.48. The molecule has 0 aliphatic carbocycles. The minimum absolute atomic E-state index is 0.0496. The summed E-state index contributed by atoms with van der Waals surface area (Å²) in [6.45, 7) is 1.61. The van der Waals surface area contributed by atoms with E-state index in [1.54, 1.807) is 15.9 Å². The molecule has 1 aromatic heterocycles. The van der Waals surface area contributed by atoms with E-state index in [1.807, 2.05) is 0 Å². The summed E-state index contributed by atoms with van der Waals surface area (Å²) in [6.07, 6.45) is 4.69. The molecule has 0 saturated carbocycles. The Morgan fingerprint density at radius 2 is 2.21 bits per heavy atom. The second kappa shape index (κ2) is 5.03. The zero-order valence-corrected chi connectivity index (χ0v) is 10.7. The maximum absolute atomic E-state index is 12.5. The van der Waals surface area contributed by atoms with E-state index < -0.39 is 0 Å². The zero-order chi connectivity index (χ0) is 13.2. The predicted octanol–water partition coefficient (Wildman–Crippen LogP) is 0.788. The highest BCUT2D eigenvalue weighted by atomic mass is 16.5. The van der Waals surface area contributed by atoms with Gasteiger partial charge in [0.2, 0.25) is 11.8 Å². The van der Waals surface area contributed by atoms with Crippen molar-refractivity contribution < 1.29 is 14.1 Å². The molecule has 19 heavy (non-hydrogen) atoms. The van der Waals surface area contributed by atoms with Gasteiger partial charge in [0.25, 0.3) is 0 Å². The molecule has 3 heterocycles. The van der Waals surface area contributed by atoms with E-state index in [9.17, 15) is 9.59 Å². The van der Waals surface area contributed by atoms with Crippen LogP contribution in [0.25, 0.3) is 0 Å². The minimum Gasteiger partial charge on any atom is -0.364 e. The van der Waals surface area contributed by atoms with Crippen molar-refractivity contribution in [1.29, 1.82) is 0 Å². The molecule has 0 N–H and O–H groups in total. The van der Waals surface area contributed by atoms with Crippen molar-refractivity contribution in [3.8, 4) is 0 Å². The fourth-order valence-electron chi connectivity index (χ4n) is 2.85. The predicted molar refractivity (Wildman–Crippen MR) is 65.9 cm³/mol. The van der Waals surface area contributed by atoms with Crippen LogP contribution < -0.4 is 0 Å². The van der Waals surface area contributed by atoms with Crippen LogP contribution in [0, 0.1) is 0 Å². The van der Waals surface area contributed by atoms with Crippen molar-refractivity contribution in [2.24, 2.45) is 0 Å². The molecular formula is C13H17N3O3. The van der Waals surface area contributed by atoms with Gasteiger partial charge in [-0.1, -0.05) is 5.16 Å². The van der Waals surface area contributed by atoms with Gasteiger partial charge in [0.1, 0.15) is 18.0 Å². The third-order valence-electron chi connectivity index (χ3n) is 3.86. The Balaban J connectivity index is 1.78. The summed E-state index contributed by atoms with van der Waals surface area (Å²) in [5, 5.41) is 3.83. The lowest BCUT2D eigenvalue weighted by Gasteiger charge is -2.34. The fraction of sp³-hybridized carbons (Fsp3) is 0.615. The average molecular weight is 263 g/mol. The van der Waals surface area contributed by atoms with Gasteiger partial charge >= 0.3 is 0 Å². The smallest absolute Gasteiger partial charge is 0.245 e. The van der Waals surface area contributed by atoms with E-state index >= 15 is 0 Å². The summed E-state index contributed by atoms with van der Waals surface area (Å²) in [4.78, 5) is 28.1. The average Bonchev–Trinajstić information content (AvgIpc) is 2.91. The van der Waals surface area contributed by atoms with Gasteiger partial charge < -0.3 is 14.3 Å².